The molecule has 0 atom stereocenters. The fraction of sp³-hybridized carbons (Fsp3) is 0.458. The Morgan fingerprint density at radius 2 is 1.81 bits per heavy atom. The number of hydrogen-bond acceptors (Lipinski definition) is 11. The lowest BCUT2D eigenvalue weighted by atomic mass is 9.93. The number of hydrogen-bond donors (Lipinski definition) is 2. The minimum atomic E-state index is -3.71. The molecule has 1 saturated heterocycles. The second-order valence-corrected chi connectivity index (χ2v) is 10.9. The first-order valence-electron chi connectivity index (χ1n) is 12.2. The van der Waals surface area contributed by atoms with Gasteiger partial charge in [0.15, 0.2) is 0 Å². The van der Waals surface area contributed by atoms with Gasteiger partial charge in [0.25, 0.3) is 5.91 Å². The molecule has 3 aromatic rings. The first-order chi connectivity index (χ1) is 17.8. The van der Waals surface area contributed by atoms with Gasteiger partial charge in [-0.1, -0.05) is 0 Å². The standard InChI is InChI=1S/C24H29N7O5S/c1-37(33,34)30-22(32)16-13-19-20(27-15-16)14-21(31-9-11-35-12-10-31)29-23(19)36-18-5-3-17(4-6-18)28-24-25-7-2-8-26-24/h2,7-8,13-15,17-18H,3-6,9-12H2,1H3,(H,30,32)(H,25,26,28)/t17-,18+. The Kier molecular flexibility index (Phi) is 7.33. The number of rotatable bonds is 7. The smallest absolute Gasteiger partial charge is 0.266 e. The molecule has 2 fully saturated rings. The molecule has 12 nitrogen and oxygen atoms in total. The second kappa shape index (κ2) is 10.8. The lowest BCUT2D eigenvalue weighted by Gasteiger charge is -2.31. The summed E-state index contributed by atoms with van der Waals surface area (Å²) in [5.74, 6) is 0.963. The van der Waals surface area contributed by atoms with E-state index < -0.39 is 15.9 Å². The third kappa shape index (κ3) is 6.41. The van der Waals surface area contributed by atoms with Gasteiger partial charge >= 0.3 is 0 Å². The Morgan fingerprint density at radius 3 is 2.51 bits per heavy atom. The summed E-state index contributed by atoms with van der Waals surface area (Å²) in [6.07, 6.45) is 9.00. The topological polar surface area (TPSA) is 149 Å². The van der Waals surface area contributed by atoms with Gasteiger partial charge < -0.3 is 19.7 Å². The normalized spacial score (nSPS) is 20.4. The molecule has 0 spiro atoms. The Bertz CT molecular complexity index is 1360. The first-order valence-corrected chi connectivity index (χ1v) is 14.1. The van der Waals surface area contributed by atoms with E-state index in [2.05, 4.69) is 25.2 Å². The van der Waals surface area contributed by atoms with E-state index in [1.807, 2.05) is 10.8 Å². The van der Waals surface area contributed by atoms with Crippen molar-refractivity contribution in [3.8, 4) is 5.88 Å². The molecule has 0 radical (unpaired) electrons. The molecule has 0 unspecified atom stereocenters. The summed E-state index contributed by atoms with van der Waals surface area (Å²) in [5.41, 5.74) is 0.721. The predicted molar refractivity (Wildman–Crippen MR) is 137 cm³/mol. The lowest BCUT2D eigenvalue weighted by molar-refractivity contribution is 0.0981. The van der Waals surface area contributed by atoms with E-state index in [0.717, 1.165) is 37.8 Å². The molecule has 1 aliphatic heterocycles. The number of sulfonamides is 1. The van der Waals surface area contributed by atoms with Gasteiger partial charge in [-0.3, -0.25) is 9.78 Å². The van der Waals surface area contributed by atoms with E-state index in [-0.39, 0.29) is 17.7 Å². The zero-order chi connectivity index (χ0) is 25.8. The van der Waals surface area contributed by atoms with E-state index in [9.17, 15) is 13.2 Å². The van der Waals surface area contributed by atoms with Crippen LogP contribution in [0.25, 0.3) is 10.9 Å². The van der Waals surface area contributed by atoms with Crippen LogP contribution in [0.5, 0.6) is 5.88 Å². The number of aromatic nitrogens is 4. The summed E-state index contributed by atoms with van der Waals surface area (Å²) in [4.78, 5) is 32.3. The fourth-order valence-electron chi connectivity index (χ4n) is 4.52. The molecule has 196 valence electrons. The van der Waals surface area contributed by atoms with Gasteiger partial charge in [-0.2, -0.15) is 4.98 Å². The third-order valence-electron chi connectivity index (χ3n) is 6.36. The molecule has 13 heteroatoms. The summed E-state index contributed by atoms with van der Waals surface area (Å²) in [7, 11) is -3.71. The van der Waals surface area contributed by atoms with Crippen LogP contribution in [0.4, 0.5) is 11.8 Å². The Morgan fingerprint density at radius 1 is 1.08 bits per heavy atom. The molecule has 3 aromatic heterocycles. The zero-order valence-electron chi connectivity index (χ0n) is 20.5. The van der Waals surface area contributed by atoms with Gasteiger partial charge in [-0.05, 0) is 37.8 Å². The number of pyridine rings is 2. The molecule has 1 saturated carbocycles. The highest BCUT2D eigenvalue weighted by molar-refractivity contribution is 7.89. The first kappa shape index (κ1) is 25.1. The van der Waals surface area contributed by atoms with Gasteiger partial charge in [0, 0.05) is 43.8 Å². The second-order valence-electron chi connectivity index (χ2n) is 9.19. The number of nitrogens with one attached hydrogen (secondary N) is 2. The summed E-state index contributed by atoms with van der Waals surface area (Å²) < 4.78 is 37.0. The van der Waals surface area contributed by atoms with Crippen LogP contribution in [-0.2, 0) is 14.8 Å². The maximum atomic E-state index is 12.5. The van der Waals surface area contributed by atoms with Crippen LogP contribution in [0.3, 0.4) is 0 Å². The molecule has 0 aromatic carbocycles. The van der Waals surface area contributed by atoms with Crippen LogP contribution in [0, 0.1) is 0 Å². The van der Waals surface area contributed by atoms with Crippen molar-refractivity contribution in [3.63, 3.8) is 0 Å². The van der Waals surface area contributed by atoms with Gasteiger partial charge in [0.05, 0.1) is 35.9 Å². The van der Waals surface area contributed by atoms with E-state index in [0.29, 0.717) is 49.0 Å². The summed E-state index contributed by atoms with van der Waals surface area (Å²) in [6.45, 7) is 2.61. The predicted octanol–water partition coefficient (Wildman–Crippen LogP) is 1.75. The molecule has 1 aliphatic carbocycles. The van der Waals surface area contributed by atoms with Gasteiger partial charge in [0.1, 0.15) is 11.9 Å². The number of nitrogens with zero attached hydrogens (tertiary/aromatic N) is 5. The van der Waals surface area contributed by atoms with E-state index >= 15 is 0 Å². The van der Waals surface area contributed by atoms with Crippen molar-refractivity contribution in [1.82, 2.24) is 24.7 Å². The fourth-order valence-corrected chi connectivity index (χ4v) is 4.97. The average Bonchev–Trinajstić information content (AvgIpc) is 2.89. The quantitative estimate of drug-likeness (QED) is 0.463. The highest BCUT2D eigenvalue weighted by atomic mass is 32.2. The van der Waals surface area contributed by atoms with Crippen LogP contribution >= 0.6 is 0 Å². The third-order valence-corrected chi connectivity index (χ3v) is 6.91. The van der Waals surface area contributed by atoms with Crippen LogP contribution in [0.1, 0.15) is 36.0 Å². The van der Waals surface area contributed by atoms with Gasteiger partial charge in [0.2, 0.25) is 21.9 Å². The maximum Gasteiger partial charge on any atom is 0.266 e. The van der Waals surface area contributed by atoms with Crippen LogP contribution in [0.15, 0.2) is 36.8 Å². The minimum absolute atomic E-state index is 0.0705. The summed E-state index contributed by atoms with van der Waals surface area (Å²) in [5, 5.41) is 3.92. The van der Waals surface area contributed by atoms with Crippen molar-refractivity contribution >= 4 is 38.6 Å². The van der Waals surface area contributed by atoms with Crippen molar-refractivity contribution in [2.75, 3.05) is 42.8 Å². The van der Waals surface area contributed by atoms with E-state index in [1.54, 1.807) is 24.5 Å². The highest BCUT2D eigenvalue weighted by Crippen LogP contribution is 2.32. The Balaban J connectivity index is 1.38. The Labute approximate surface area is 214 Å². The van der Waals surface area contributed by atoms with Crippen molar-refractivity contribution in [3.05, 3.63) is 42.4 Å². The molecule has 1 amide bonds. The molecular formula is C24H29N7O5S. The van der Waals surface area contributed by atoms with Crippen molar-refractivity contribution in [2.45, 2.75) is 37.8 Å². The number of carbonyl (C=O) groups excluding carboxylic acids is 1. The molecule has 5 rings (SSSR count). The summed E-state index contributed by atoms with van der Waals surface area (Å²) in [6, 6.07) is 5.46. The lowest BCUT2D eigenvalue weighted by Crippen LogP contribution is -2.37. The van der Waals surface area contributed by atoms with Crippen molar-refractivity contribution in [2.24, 2.45) is 0 Å². The van der Waals surface area contributed by atoms with Crippen LogP contribution in [-0.4, -0.2) is 79.0 Å². The van der Waals surface area contributed by atoms with E-state index in [4.69, 9.17) is 14.5 Å². The number of anilines is 2. The monoisotopic (exact) mass is 527 g/mol. The minimum Gasteiger partial charge on any atom is -0.474 e. The molecule has 2 aliphatic rings. The number of fused-ring (bicyclic) bond motifs is 1. The molecule has 37 heavy (non-hydrogen) atoms. The summed E-state index contributed by atoms with van der Waals surface area (Å²) >= 11 is 0. The average molecular weight is 528 g/mol. The SMILES string of the molecule is CS(=O)(=O)NC(=O)c1cnc2cc(N3CCOCC3)nc(O[C@H]3CC[C@@H](Nc4ncccn4)CC3)c2c1. The van der Waals surface area contributed by atoms with E-state index in [1.165, 1.54) is 6.20 Å². The van der Waals surface area contributed by atoms with Crippen LogP contribution < -0.4 is 19.7 Å². The van der Waals surface area contributed by atoms with Crippen molar-refractivity contribution in [1.29, 1.82) is 0 Å². The zero-order valence-corrected chi connectivity index (χ0v) is 21.3. The number of morpholine rings is 1. The van der Waals surface area contributed by atoms with Crippen LogP contribution in [0.2, 0.25) is 0 Å². The number of amides is 1. The molecular weight excluding hydrogens is 498 g/mol. The van der Waals surface area contributed by atoms with Crippen molar-refractivity contribution < 1.29 is 22.7 Å². The molecule has 2 N–H and O–H groups in total. The number of carbonyl (C=O) groups is 1. The maximum absolute atomic E-state index is 12.5. The number of ether oxygens (including phenoxy) is 2. The van der Waals surface area contributed by atoms with Gasteiger partial charge in [-0.15, -0.1) is 0 Å². The molecule has 4 heterocycles. The molecule has 0 bridgehead atoms. The Hall–Kier alpha value is -3.58. The largest absolute Gasteiger partial charge is 0.474 e. The van der Waals surface area contributed by atoms with Gasteiger partial charge in [-0.25, -0.2) is 23.1 Å². The highest BCUT2D eigenvalue weighted by Gasteiger charge is 2.25.